The first-order chi connectivity index (χ1) is 9.25. The van der Waals surface area contributed by atoms with Gasteiger partial charge in [-0.2, -0.15) is 0 Å². The average Bonchev–Trinajstić information content (AvgIpc) is 2.30. The van der Waals surface area contributed by atoms with E-state index in [2.05, 4.69) is 121 Å². The monoisotopic (exact) mass is 521 g/mol. The molecule has 0 amide bonds. The Morgan fingerprint density at radius 2 is 0.652 bits per heavy atom. The van der Waals surface area contributed by atoms with Gasteiger partial charge in [-0.15, -0.1) is 0 Å². The van der Waals surface area contributed by atoms with Gasteiger partial charge in [-0.3, -0.25) is 0 Å². The molecule has 0 bridgehead atoms. The van der Waals surface area contributed by atoms with Crippen LogP contribution in [0.3, 0.4) is 0 Å². The fourth-order valence-corrected chi connectivity index (χ4v) is 1.47. The summed E-state index contributed by atoms with van der Waals surface area (Å²) in [5, 5.41) is 11.1. The van der Waals surface area contributed by atoms with E-state index in [1.807, 2.05) is 0 Å². The molecule has 0 aromatic carbocycles. The molecule has 0 aliphatic rings. The van der Waals surface area contributed by atoms with Crippen LogP contribution in [0, 0.1) is 0 Å². The fourth-order valence-electron chi connectivity index (χ4n) is 0.658. The van der Waals surface area contributed by atoms with Gasteiger partial charge in [-0.25, -0.2) is 0 Å². The average molecular weight is 522 g/mol. The minimum absolute atomic E-state index is 0. The van der Waals surface area contributed by atoms with Crippen molar-refractivity contribution in [2.75, 3.05) is 26.2 Å². The first-order valence-corrected chi connectivity index (χ1v) is 8.31. The second-order valence-electron chi connectivity index (χ2n) is 2.86. The second kappa shape index (κ2) is 27.2. The van der Waals surface area contributed by atoms with Gasteiger partial charge in [0.1, 0.15) is 0 Å². The summed E-state index contributed by atoms with van der Waals surface area (Å²) < 4.78 is 1.49. The molecule has 1 radical (unpaired) electrons. The zero-order valence-electron chi connectivity index (χ0n) is 12.5. The molecule has 121 valence electrons. The Labute approximate surface area is 236 Å². The molecule has 0 saturated carbocycles. The standard InChI is InChI=1S/2C4H8N2S4.Mn.2Na/c2*7-3(8)5-1-2-6-4(9)10;;;/h2*1-2H2,(H2,5,7,8)(H2,6,9,10);;;/q;;+2;2*+1/p-4. The molecule has 4 nitrogen and oxygen atoms in total. The number of hydrogen-bond acceptors (Lipinski definition) is 8. The van der Waals surface area contributed by atoms with Gasteiger partial charge in [0.2, 0.25) is 0 Å². The minimum atomic E-state index is 0. The van der Waals surface area contributed by atoms with Crippen LogP contribution in [-0.4, -0.2) is 43.5 Å². The summed E-state index contributed by atoms with van der Waals surface area (Å²) in [6.07, 6.45) is 0. The Morgan fingerprint density at radius 3 is 0.739 bits per heavy atom. The summed E-state index contributed by atoms with van der Waals surface area (Å²) in [4.78, 5) is 0. The summed E-state index contributed by atoms with van der Waals surface area (Å²) in [5.41, 5.74) is 0. The smallest absolute Gasteiger partial charge is 0.412 e. The van der Waals surface area contributed by atoms with Crippen molar-refractivity contribution in [1.82, 2.24) is 21.3 Å². The molecule has 0 aromatic heterocycles. The van der Waals surface area contributed by atoms with Gasteiger partial charge in [-0.05, 0) is 0 Å². The van der Waals surface area contributed by atoms with Gasteiger partial charge >= 0.3 is 76.2 Å². The van der Waals surface area contributed by atoms with Crippen LogP contribution in [0.2, 0.25) is 0 Å². The Balaban J connectivity index is -0.0000000831. The van der Waals surface area contributed by atoms with Gasteiger partial charge in [-0.1, -0.05) is 17.3 Å². The van der Waals surface area contributed by atoms with E-state index in [4.69, 9.17) is 0 Å². The van der Waals surface area contributed by atoms with E-state index in [0.29, 0.717) is 43.5 Å². The first kappa shape index (κ1) is 36.8. The van der Waals surface area contributed by atoms with Gasteiger partial charge in [0.15, 0.2) is 0 Å². The summed E-state index contributed by atoms with van der Waals surface area (Å²) in [6, 6.07) is 0. The van der Waals surface area contributed by atoms with Crippen molar-refractivity contribution < 1.29 is 76.2 Å². The van der Waals surface area contributed by atoms with E-state index in [0.717, 1.165) is 0 Å². The molecule has 0 aliphatic carbocycles. The van der Waals surface area contributed by atoms with E-state index in [1.54, 1.807) is 0 Å². The van der Waals surface area contributed by atoms with E-state index >= 15 is 0 Å². The largest absolute Gasteiger partial charge is 2.00 e. The molecule has 4 N–H and O–H groups in total. The van der Waals surface area contributed by atoms with Crippen LogP contribution in [0.15, 0.2) is 0 Å². The van der Waals surface area contributed by atoms with Crippen molar-refractivity contribution in [2.45, 2.75) is 0 Å². The van der Waals surface area contributed by atoms with Gasteiger partial charge < -0.3 is 121 Å². The van der Waals surface area contributed by atoms with Crippen molar-refractivity contribution in [1.29, 1.82) is 0 Å². The van der Waals surface area contributed by atoms with Crippen LogP contribution < -0.4 is 80.4 Å². The molecule has 15 heteroatoms. The normalized spacial score (nSPS) is 7.30. The topological polar surface area (TPSA) is 48.1 Å². The van der Waals surface area contributed by atoms with Crippen molar-refractivity contribution >= 4 is 117 Å². The maximum atomic E-state index is 4.59. The van der Waals surface area contributed by atoms with Crippen molar-refractivity contribution in [3.05, 3.63) is 0 Å². The molecule has 0 rings (SSSR count). The molecule has 0 heterocycles. The zero-order chi connectivity index (χ0) is 16.0. The van der Waals surface area contributed by atoms with Gasteiger partial charge in [0, 0.05) is 26.2 Å². The molecule has 0 saturated heterocycles. The van der Waals surface area contributed by atoms with Gasteiger partial charge in [0.05, 0.1) is 0 Å². The summed E-state index contributed by atoms with van der Waals surface area (Å²) in [6.45, 7) is 2.66. The maximum Gasteiger partial charge on any atom is 2.00 e. The van der Waals surface area contributed by atoms with Crippen molar-refractivity contribution in [3.63, 3.8) is 0 Å². The number of hydrogen-bond donors (Lipinski definition) is 4. The predicted octanol–water partition coefficient (Wildman–Crippen LogP) is -6.34. The first-order valence-electron chi connectivity index (χ1n) is 5.05. The maximum absolute atomic E-state index is 4.59. The Morgan fingerprint density at radius 1 is 0.522 bits per heavy atom. The third-order valence-corrected chi connectivity index (χ3v) is 2.48. The zero-order valence-corrected chi connectivity index (χ0v) is 24.2. The Hall–Kier alpha value is 2.96. The molecular weight excluding hydrogens is 510 g/mol. The molecule has 0 spiro atoms. The summed E-state index contributed by atoms with van der Waals surface area (Å²) >= 11 is 36.7. The Kier molecular flexibility index (Phi) is 43.5. The summed E-state index contributed by atoms with van der Waals surface area (Å²) in [7, 11) is 0. The molecule has 0 unspecified atom stereocenters. The predicted molar refractivity (Wildman–Crippen MR) is 112 cm³/mol. The van der Waals surface area contributed by atoms with Crippen LogP contribution in [0.4, 0.5) is 0 Å². The number of nitrogens with one attached hydrogen (secondary N) is 4. The third kappa shape index (κ3) is 45.7. The molecule has 23 heavy (non-hydrogen) atoms. The summed E-state index contributed by atoms with van der Waals surface area (Å²) in [5.74, 6) is 0. The van der Waals surface area contributed by atoms with Crippen molar-refractivity contribution in [3.8, 4) is 0 Å². The quantitative estimate of drug-likeness (QED) is 0.116. The van der Waals surface area contributed by atoms with E-state index in [9.17, 15) is 0 Å². The second-order valence-corrected chi connectivity index (χ2v) is 7.16. The van der Waals surface area contributed by atoms with Crippen molar-refractivity contribution in [2.24, 2.45) is 0 Å². The molecule has 0 fully saturated rings. The SMILES string of the molecule is S=C([S-])NCCNC(=S)[S-].S=C([S-])NCCNC(=S)[S-].[Mn+2].[Na+].[Na+]. The Bertz CT molecular complexity index is 286. The van der Waals surface area contributed by atoms with Crippen LogP contribution in [-0.2, 0) is 67.6 Å². The number of thiocarbonyl (C=S) groups is 4. The van der Waals surface area contributed by atoms with Crippen LogP contribution in [0.5, 0.6) is 0 Å². The molecular formula is C8H12MnN4Na2S8. The van der Waals surface area contributed by atoms with E-state index in [1.165, 1.54) is 0 Å². The number of rotatable bonds is 6. The van der Waals surface area contributed by atoms with Crippen LogP contribution in [0.1, 0.15) is 0 Å². The van der Waals surface area contributed by atoms with Crippen LogP contribution >= 0.6 is 48.9 Å². The van der Waals surface area contributed by atoms with Gasteiger partial charge in [0.25, 0.3) is 0 Å². The van der Waals surface area contributed by atoms with Crippen LogP contribution in [0.25, 0.3) is 0 Å². The fraction of sp³-hybridized carbons (Fsp3) is 0.500. The van der Waals surface area contributed by atoms with E-state index < -0.39 is 0 Å². The molecule has 0 aliphatic heterocycles. The molecule has 0 atom stereocenters. The third-order valence-electron chi connectivity index (χ3n) is 1.33. The van der Waals surface area contributed by atoms with E-state index in [-0.39, 0.29) is 76.2 Å². The molecule has 0 aromatic rings. The minimum Gasteiger partial charge on any atom is -0.412 e.